The first-order valence-electron chi connectivity index (χ1n) is 10.2. The molecular formula is C22H27N3O2S. The number of piperidine rings is 1. The Balaban J connectivity index is 1.36. The van der Waals surface area contributed by atoms with Crippen LogP contribution in [0.15, 0.2) is 30.5 Å². The molecule has 1 fully saturated rings. The molecule has 1 saturated heterocycles. The van der Waals surface area contributed by atoms with Crippen molar-refractivity contribution in [1.29, 1.82) is 0 Å². The highest BCUT2D eigenvalue weighted by atomic mass is 32.1. The number of rotatable bonds is 4. The number of aryl methyl sites for hydroxylation is 1. The molecule has 2 aliphatic rings. The van der Waals surface area contributed by atoms with E-state index >= 15 is 0 Å². The summed E-state index contributed by atoms with van der Waals surface area (Å²) in [5, 5.41) is 3.01. The minimum Gasteiger partial charge on any atom is -0.350 e. The van der Waals surface area contributed by atoms with E-state index in [1.165, 1.54) is 10.4 Å². The number of hydrogen-bond donors (Lipinski definition) is 1. The molecule has 6 heteroatoms. The second kappa shape index (κ2) is 8.43. The number of carbonyl (C=O) groups excluding carboxylic acids is 2. The van der Waals surface area contributed by atoms with Crippen LogP contribution in [0, 0.1) is 11.8 Å². The predicted octanol–water partition coefficient (Wildman–Crippen LogP) is 3.44. The van der Waals surface area contributed by atoms with E-state index in [-0.39, 0.29) is 17.7 Å². The van der Waals surface area contributed by atoms with Crippen LogP contribution in [0.3, 0.4) is 0 Å². The average Bonchev–Trinajstić information content (AvgIpc) is 3.16. The smallest absolute Gasteiger partial charge is 0.263 e. The fraction of sp³-hybridized carbons (Fsp3) is 0.500. The number of hydrogen-bond acceptors (Lipinski definition) is 4. The normalized spacial score (nSPS) is 19.9. The van der Waals surface area contributed by atoms with E-state index < -0.39 is 0 Å². The number of amides is 2. The maximum absolute atomic E-state index is 12.8. The van der Waals surface area contributed by atoms with Gasteiger partial charge in [0.25, 0.3) is 5.91 Å². The molecular weight excluding hydrogens is 370 g/mol. The van der Waals surface area contributed by atoms with Crippen molar-refractivity contribution in [2.45, 2.75) is 45.6 Å². The third-order valence-corrected chi connectivity index (χ3v) is 7.13. The summed E-state index contributed by atoms with van der Waals surface area (Å²) in [5.74, 6) is 0.943. The molecule has 4 rings (SSSR count). The quantitative estimate of drug-likeness (QED) is 0.860. The topological polar surface area (TPSA) is 62.3 Å². The van der Waals surface area contributed by atoms with Crippen LogP contribution in [0.1, 0.15) is 52.0 Å². The number of pyridine rings is 1. The van der Waals surface area contributed by atoms with Crippen molar-refractivity contribution in [1.82, 2.24) is 15.2 Å². The molecule has 1 aliphatic carbocycles. The van der Waals surface area contributed by atoms with Crippen molar-refractivity contribution in [2.75, 3.05) is 13.1 Å². The van der Waals surface area contributed by atoms with Gasteiger partial charge in [-0.05, 0) is 61.8 Å². The molecule has 3 heterocycles. The van der Waals surface area contributed by atoms with Crippen LogP contribution >= 0.6 is 11.3 Å². The van der Waals surface area contributed by atoms with E-state index in [9.17, 15) is 9.59 Å². The molecule has 2 aromatic rings. The van der Waals surface area contributed by atoms with Gasteiger partial charge in [-0.15, -0.1) is 11.3 Å². The zero-order valence-corrected chi connectivity index (χ0v) is 17.1. The van der Waals surface area contributed by atoms with Crippen LogP contribution in [-0.4, -0.2) is 34.8 Å². The van der Waals surface area contributed by atoms with Crippen LogP contribution in [0.25, 0.3) is 0 Å². The van der Waals surface area contributed by atoms with E-state index in [1.54, 1.807) is 17.5 Å². The fourth-order valence-electron chi connectivity index (χ4n) is 4.05. The summed E-state index contributed by atoms with van der Waals surface area (Å²) < 4.78 is 0. The average molecular weight is 398 g/mol. The number of thiophene rings is 1. The number of aromatic nitrogens is 1. The summed E-state index contributed by atoms with van der Waals surface area (Å²) in [6.45, 7) is 4.44. The minimum absolute atomic E-state index is 0.0235. The van der Waals surface area contributed by atoms with Crippen molar-refractivity contribution < 1.29 is 9.59 Å². The van der Waals surface area contributed by atoms with Gasteiger partial charge in [-0.3, -0.25) is 14.6 Å². The second-order valence-corrected chi connectivity index (χ2v) is 9.15. The van der Waals surface area contributed by atoms with Gasteiger partial charge in [0.1, 0.15) is 0 Å². The van der Waals surface area contributed by atoms with Crippen LogP contribution in [-0.2, 0) is 24.2 Å². The first kappa shape index (κ1) is 19.1. The van der Waals surface area contributed by atoms with Gasteiger partial charge in [0.05, 0.1) is 17.1 Å². The molecule has 1 atom stereocenters. The number of nitrogens with zero attached hydrogens (tertiary/aromatic N) is 2. The lowest BCUT2D eigenvalue weighted by Crippen LogP contribution is -2.37. The van der Waals surface area contributed by atoms with Gasteiger partial charge in [0.2, 0.25) is 5.91 Å². The zero-order valence-electron chi connectivity index (χ0n) is 16.3. The Bertz CT molecular complexity index is 841. The van der Waals surface area contributed by atoms with Crippen molar-refractivity contribution in [3.8, 4) is 0 Å². The van der Waals surface area contributed by atoms with Crippen LogP contribution in [0.4, 0.5) is 0 Å². The second-order valence-electron chi connectivity index (χ2n) is 8.01. The molecule has 0 bridgehead atoms. The Morgan fingerprint density at radius 2 is 2.07 bits per heavy atom. The molecule has 28 heavy (non-hydrogen) atoms. The van der Waals surface area contributed by atoms with Gasteiger partial charge in [-0.1, -0.05) is 13.0 Å². The maximum atomic E-state index is 12.8. The number of nitrogens with one attached hydrogen (secondary N) is 1. The lowest BCUT2D eigenvalue weighted by molar-refractivity contribution is -0.125. The third kappa shape index (κ3) is 4.27. The van der Waals surface area contributed by atoms with Gasteiger partial charge >= 0.3 is 0 Å². The maximum Gasteiger partial charge on any atom is 0.263 e. The molecule has 2 amide bonds. The summed E-state index contributed by atoms with van der Waals surface area (Å²) >= 11 is 1.63. The molecule has 0 radical (unpaired) electrons. The summed E-state index contributed by atoms with van der Waals surface area (Å²) in [7, 11) is 0. The molecule has 0 spiro atoms. The highest BCUT2D eigenvalue weighted by Crippen LogP contribution is 2.33. The Kier molecular flexibility index (Phi) is 5.76. The molecule has 5 nitrogen and oxygen atoms in total. The standard InChI is InChI=1S/C22H27N3O2S/c1-15-7-10-25(11-8-15)22(27)20-13-17-12-16(5-6-19(17)28-20)21(26)24-14-18-4-2-3-9-23-18/h2-4,9,13,15-16H,5-8,10-12,14H2,1H3,(H,24,26)/t16-/m1/s1. The Labute approximate surface area is 170 Å². The summed E-state index contributed by atoms with van der Waals surface area (Å²) in [6.07, 6.45) is 6.37. The Morgan fingerprint density at radius 1 is 1.25 bits per heavy atom. The van der Waals surface area contributed by atoms with Gasteiger partial charge in [0, 0.05) is 30.1 Å². The fourth-order valence-corrected chi connectivity index (χ4v) is 5.22. The van der Waals surface area contributed by atoms with Crippen LogP contribution in [0.5, 0.6) is 0 Å². The van der Waals surface area contributed by atoms with E-state index in [4.69, 9.17) is 0 Å². The van der Waals surface area contributed by atoms with Crippen LogP contribution in [0.2, 0.25) is 0 Å². The molecule has 2 aromatic heterocycles. The molecule has 0 saturated carbocycles. The van der Waals surface area contributed by atoms with Crippen molar-refractivity contribution in [3.05, 3.63) is 51.5 Å². The molecule has 148 valence electrons. The van der Waals surface area contributed by atoms with Gasteiger partial charge in [-0.2, -0.15) is 0 Å². The highest BCUT2D eigenvalue weighted by Gasteiger charge is 2.29. The van der Waals surface area contributed by atoms with E-state index in [1.807, 2.05) is 29.2 Å². The Hall–Kier alpha value is -2.21. The zero-order chi connectivity index (χ0) is 19.5. The molecule has 1 aliphatic heterocycles. The summed E-state index contributed by atoms with van der Waals surface area (Å²) in [5.41, 5.74) is 2.05. The SMILES string of the molecule is CC1CCN(C(=O)c2cc3c(s2)CC[C@@H](C(=O)NCc2ccccn2)C3)CC1. The minimum atomic E-state index is -0.0235. The van der Waals surface area contributed by atoms with E-state index in [0.717, 1.165) is 55.8 Å². The van der Waals surface area contributed by atoms with E-state index in [2.05, 4.69) is 17.2 Å². The lowest BCUT2D eigenvalue weighted by atomic mass is 9.87. The molecule has 1 N–H and O–H groups in total. The summed E-state index contributed by atoms with van der Waals surface area (Å²) in [4.78, 5) is 33.8. The largest absolute Gasteiger partial charge is 0.350 e. The van der Waals surface area contributed by atoms with Gasteiger partial charge in [-0.25, -0.2) is 0 Å². The molecule has 0 aromatic carbocycles. The third-order valence-electron chi connectivity index (χ3n) is 5.91. The lowest BCUT2D eigenvalue weighted by Gasteiger charge is -2.29. The Morgan fingerprint density at radius 3 is 2.82 bits per heavy atom. The van der Waals surface area contributed by atoms with Crippen molar-refractivity contribution in [3.63, 3.8) is 0 Å². The van der Waals surface area contributed by atoms with Gasteiger partial charge < -0.3 is 10.2 Å². The van der Waals surface area contributed by atoms with Crippen molar-refractivity contribution in [2.24, 2.45) is 11.8 Å². The highest BCUT2D eigenvalue weighted by molar-refractivity contribution is 7.14. The van der Waals surface area contributed by atoms with Crippen molar-refractivity contribution >= 4 is 23.2 Å². The van der Waals surface area contributed by atoms with Gasteiger partial charge in [0.15, 0.2) is 0 Å². The van der Waals surface area contributed by atoms with E-state index in [0.29, 0.717) is 12.5 Å². The summed E-state index contributed by atoms with van der Waals surface area (Å²) in [6, 6.07) is 7.75. The monoisotopic (exact) mass is 397 g/mol. The number of carbonyl (C=O) groups is 2. The number of fused-ring (bicyclic) bond motifs is 1. The first-order valence-corrected chi connectivity index (χ1v) is 11.0. The predicted molar refractivity (Wildman–Crippen MR) is 110 cm³/mol. The number of likely N-dealkylation sites (tertiary alicyclic amines) is 1. The molecule has 0 unspecified atom stereocenters. The first-order chi connectivity index (χ1) is 13.6. The van der Waals surface area contributed by atoms with Crippen LogP contribution < -0.4 is 5.32 Å².